The number of unbranched alkanes of at least 4 members (excludes halogenated alkanes) is 10. The first-order chi connectivity index (χ1) is 12.8. The van der Waals surface area contributed by atoms with Gasteiger partial charge < -0.3 is 46.0 Å². The van der Waals surface area contributed by atoms with Gasteiger partial charge in [-0.3, -0.25) is 0 Å². The van der Waals surface area contributed by atoms with E-state index in [0.29, 0.717) is 6.42 Å². The molecule has 0 spiro atoms. The van der Waals surface area contributed by atoms with Crippen molar-refractivity contribution in [3.63, 3.8) is 0 Å². The molecule has 0 unspecified atom stereocenters. The van der Waals surface area contributed by atoms with Crippen LogP contribution in [0.3, 0.4) is 0 Å². The van der Waals surface area contributed by atoms with Crippen LogP contribution in [0.2, 0.25) is 0 Å². The summed E-state index contributed by atoms with van der Waals surface area (Å²) in [7, 11) is 0. The SMILES string of the molecule is CCCCCCCCCCCCCC(O)(O)C(O)(O)C(O)(O)C(O)(O)C(=O)O.[MgH2]. The first-order valence-electron chi connectivity index (χ1n) is 9.78. The third-order valence-electron chi connectivity index (χ3n) is 4.96. The lowest BCUT2D eigenvalue weighted by atomic mass is 9.86. The number of carbonyl (C=O) groups is 1. The highest BCUT2D eigenvalue weighted by atomic mass is 24.3. The van der Waals surface area contributed by atoms with Gasteiger partial charge in [0.05, 0.1) is 0 Å². The molecule has 0 aliphatic carbocycles. The van der Waals surface area contributed by atoms with Crippen LogP contribution in [0.25, 0.3) is 0 Å². The van der Waals surface area contributed by atoms with Crippen LogP contribution in [-0.2, 0) is 4.79 Å². The molecule has 0 heterocycles. The molecular weight excluding hydrogens is 400 g/mol. The molecule has 0 aliphatic heterocycles. The minimum absolute atomic E-state index is 0. The summed E-state index contributed by atoms with van der Waals surface area (Å²) in [6, 6.07) is 0. The number of rotatable bonds is 16. The van der Waals surface area contributed by atoms with Crippen LogP contribution in [0.15, 0.2) is 0 Å². The van der Waals surface area contributed by atoms with Crippen molar-refractivity contribution >= 4 is 29.0 Å². The van der Waals surface area contributed by atoms with Gasteiger partial charge in [0.2, 0.25) is 5.79 Å². The predicted octanol–water partition coefficient (Wildman–Crippen LogP) is -1.42. The lowest BCUT2D eigenvalue weighted by Gasteiger charge is -2.45. The maximum atomic E-state index is 10.7. The highest BCUT2D eigenvalue weighted by molar-refractivity contribution is 5.76. The molecule has 11 heteroatoms. The van der Waals surface area contributed by atoms with E-state index in [1.165, 1.54) is 25.7 Å². The molecule has 0 aliphatic rings. The summed E-state index contributed by atoms with van der Waals surface area (Å²) in [5.74, 6) is -19.7. The van der Waals surface area contributed by atoms with E-state index in [2.05, 4.69) is 6.92 Å². The number of aliphatic hydroxyl groups is 8. The Bertz CT molecular complexity index is 466. The molecular formula is C18H38MgO10. The molecule has 0 aromatic heterocycles. The van der Waals surface area contributed by atoms with Gasteiger partial charge in [-0.05, 0) is 6.42 Å². The zero-order valence-electron chi connectivity index (χ0n) is 16.4. The molecule has 0 rings (SSSR count). The standard InChI is InChI=1S/C18H36O10.Mg.2H/c1-2-3-4-5-6-7-8-9-10-11-12-13-15(21,22)17(25,26)18(27,28)16(23,24)14(19)20;;;/h21-28H,2-13H2,1H3,(H,19,20);;;. The van der Waals surface area contributed by atoms with Crippen LogP contribution in [0.5, 0.6) is 0 Å². The lowest BCUT2D eigenvalue weighted by molar-refractivity contribution is -0.498. The summed E-state index contributed by atoms with van der Waals surface area (Å²) in [5, 5.41) is 84.9. The summed E-state index contributed by atoms with van der Waals surface area (Å²) in [6.07, 6.45) is 9.55. The smallest absolute Gasteiger partial charge is 0.370 e. The number of hydrogen-bond acceptors (Lipinski definition) is 9. The maximum absolute atomic E-state index is 10.7. The fourth-order valence-corrected chi connectivity index (χ4v) is 2.88. The van der Waals surface area contributed by atoms with Crippen molar-refractivity contribution in [3.05, 3.63) is 0 Å². The zero-order valence-corrected chi connectivity index (χ0v) is 16.4. The first kappa shape index (κ1) is 31.1. The molecule has 172 valence electrons. The molecule has 0 atom stereocenters. The summed E-state index contributed by atoms with van der Waals surface area (Å²) < 4.78 is 0. The molecule has 0 aromatic carbocycles. The van der Waals surface area contributed by atoms with Gasteiger partial charge in [0.1, 0.15) is 0 Å². The molecule has 10 nitrogen and oxygen atoms in total. The summed E-state index contributed by atoms with van der Waals surface area (Å²) in [4.78, 5) is 10.7. The Morgan fingerprint density at radius 1 is 0.621 bits per heavy atom. The Hall–Kier alpha value is -0.0838. The van der Waals surface area contributed by atoms with E-state index in [4.69, 9.17) is 5.11 Å². The molecule has 9 N–H and O–H groups in total. The number of carboxylic acids is 1. The predicted molar refractivity (Wildman–Crippen MR) is 106 cm³/mol. The minimum Gasteiger partial charge on any atom is -0.477 e. The molecule has 0 radical (unpaired) electrons. The van der Waals surface area contributed by atoms with Crippen molar-refractivity contribution in [2.24, 2.45) is 0 Å². The van der Waals surface area contributed by atoms with Gasteiger partial charge in [-0.1, -0.05) is 71.1 Å². The Balaban J connectivity index is 0. The van der Waals surface area contributed by atoms with Crippen LogP contribution < -0.4 is 0 Å². The van der Waals surface area contributed by atoms with E-state index in [1.807, 2.05) is 0 Å². The fraction of sp³-hybridized carbons (Fsp3) is 0.944. The summed E-state index contributed by atoms with van der Waals surface area (Å²) in [6.45, 7) is 2.16. The van der Waals surface area contributed by atoms with Gasteiger partial charge >= 0.3 is 34.8 Å². The normalized spacial score (nSPS) is 13.3. The second-order valence-electron chi connectivity index (χ2n) is 7.42. The van der Waals surface area contributed by atoms with Crippen molar-refractivity contribution in [1.29, 1.82) is 0 Å². The minimum atomic E-state index is -4.59. The van der Waals surface area contributed by atoms with Crippen LogP contribution in [0, 0.1) is 0 Å². The van der Waals surface area contributed by atoms with Crippen molar-refractivity contribution in [2.75, 3.05) is 0 Å². The van der Waals surface area contributed by atoms with Crippen LogP contribution in [-0.4, -0.2) is 98.1 Å². The third kappa shape index (κ3) is 8.52. The van der Waals surface area contributed by atoms with Crippen molar-refractivity contribution in [1.82, 2.24) is 0 Å². The average molecular weight is 439 g/mol. The highest BCUT2D eigenvalue weighted by Gasteiger charge is 2.72. The van der Waals surface area contributed by atoms with Crippen molar-refractivity contribution < 1.29 is 50.8 Å². The molecule has 29 heavy (non-hydrogen) atoms. The van der Waals surface area contributed by atoms with Crippen molar-refractivity contribution in [3.8, 4) is 0 Å². The first-order valence-corrected chi connectivity index (χ1v) is 9.78. The van der Waals surface area contributed by atoms with Crippen LogP contribution >= 0.6 is 0 Å². The molecule has 0 aromatic rings. The molecule has 0 fully saturated rings. The van der Waals surface area contributed by atoms with Crippen LogP contribution in [0.4, 0.5) is 0 Å². The Morgan fingerprint density at radius 3 is 1.31 bits per heavy atom. The van der Waals surface area contributed by atoms with E-state index in [9.17, 15) is 45.6 Å². The van der Waals surface area contributed by atoms with Gasteiger partial charge in [0, 0.05) is 6.42 Å². The number of carboxylic acid groups (broad SMARTS) is 1. The maximum Gasteiger partial charge on any atom is 0.370 e. The van der Waals surface area contributed by atoms with Crippen LogP contribution in [0.1, 0.15) is 84.0 Å². The molecule has 0 amide bonds. The Labute approximate surface area is 187 Å². The van der Waals surface area contributed by atoms with Gasteiger partial charge in [0.25, 0.3) is 11.6 Å². The van der Waals surface area contributed by atoms with Gasteiger partial charge in [0.15, 0.2) is 0 Å². The topological polar surface area (TPSA) is 199 Å². The second-order valence-corrected chi connectivity index (χ2v) is 7.42. The Kier molecular flexibility index (Phi) is 14.3. The van der Waals surface area contributed by atoms with E-state index in [-0.39, 0.29) is 29.5 Å². The van der Waals surface area contributed by atoms with E-state index in [1.54, 1.807) is 0 Å². The van der Waals surface area contributed by atoms with Gasteiger partial charge in [-0.25, -0.2) is 4.79 Å². The third-order valence-corrected chi connectivity index (χ3v) is 4.96. The largest absolute Gasteiger partial charge is 0.477 e. The lowest BCUT2D eigenvalue weighted by Crippen LogP contribution is -2.78. The van der Waals surface area contributed by atoms with Gasteiger partial charge in [-0.2, -0.15) is 0 Å². The summed E-state index contributed by atoms with van der Waals surface area (Å²) >= 11 is 0. The van der Waals surface area contributed by atoms with E-state index in [0.717, 1.165) is 32.1 Å². The fourth-order valence-electron chi connectivity index (χ4n) is 2.88. The molecule has 0 saturated carbocycles. The highest BCUT2D eigenvalue weighted by Crippen LogP contribution is 2.37. The average Bonchev–Trinajstić information content (AvgIpc) is 2.58. The monoisotopic (exact) mass is 438 g/mol. The summed E-state index contributed by atoms with van der Waals surface area (Å²) in [5.41, 5.74) is 0. The van der Waals surface area contributed by atoms with E-state index < -0.39 is 35.5 Å². The molecule has 0 saturated heterocycles. The van der Waals surface area contributed by atoms with Gasteiger partial charge in [-0.15, -0.1) is 0 Å². The number of hydrogen-bond donors (Lipinski definition) is 9. The second kappa shape index (κ2) is 13.4. The number of aliphatic carboxylic acids is 1. The van der Waals surface area contributed by atoms with Crippen molar-refractivity contribution in [2.45, 2.75) is 107 Å². The van der Waals surface area contributed by atoms with E-state index >= 15 is 0 Å². The zero-order chi connectivity index (χ0) is 22.1. The Morgan fingerprint density at radius 2 is 0.966 bits per heavy atom. The quantitative estimate of drug-likeness (QED) is 0.0782. The molecule has 0 bridgehead atoms.